The minimum atomic E-state index is -1.12. The number of aliphatic carboxylic acids is 1. The molecular weight excluding hydrogens is 531 g/mol. The number of rotatable bonds is 11. The third-order valence-corrected chi connectivity index (χ3v) is 6.89. The molecule has 0 unspecified atom stereocenters. The number of carboxylic acid groups (broad SMARTS) is 1. The molecule has 4 aromatic rings. The molecule has 196 valence electrons. The molecule has 39 heavy (non-hydrogen) atoms. The molecule has 0 aliphatic rings. The van der Waals surface area contributed by atoms with Crippen LogP contribution in [0.15, 0.2) is 60.7 Å². The van der Waals surface area contributed by atoms with Crippen molar-refractivity contribution in [1.82, 2.24) is 0 Å². The van der Waals surface area contributed by atoms with Crippen LogP contribution in [0, 0.1) is 0 Å². The van der Waals surface area contributed by atoms with Crippen LogP contribution in [0.25, 0.3) is 26.6 Å². The van der Waals surface area contributed by atoms with Gasteiger partial charge in [0, 0.05) is 32.3 Å². The molecule has 0 atom stereocenters. The third kappa shape index (κ3) is 6.75. The molecule has 3 aromatic carbocycles. The monoisotopic (exact) mass is 557 g/mol. The summed E-state index contributed by atoms with van der Waals surface area (Å²) in [5.41, 5.74) is 1.62. The Hall–Kier alpha value is -3.50. The van der Waals surface area contributed by atoms with Crippen molar-refractivity contribution in [2.24, 2.45) is 0 Å². The van der Waals surface area contributed by atoms with Gasteiger partial charge in [-0.2, -0.15) is 0 Å². The SMILES string of the molecule is COc1cc(OCC(=O)O)c(/C=C/C(=O)c2cc(OC)c(OC)c(OC)c2)cc1-c1cc2ccccc2s1.[Na+]. The molecule has 0 aliphatic heterocycles. The fraction of sp³-hybridized carbons (Fsp3) is 0.172. The van der Waals surface area contributed by atoms with Crippen molar-refractivity contribution >= 4 is 39.3 Å². The van der Waals surface area contributed by atoms with Crippen molar-refractivity contribution in [2.45, 2.75) is 0 Å². The summed E-state index contributed by atoms with van der Waals surface area (Å²) < 4.78 is 28.3. The summed E-state index contributed by atoms with van der Waals surface area (Å²) in [6.45, 7) is -0.549. The van der Waals surface area contributed by atoms with Crippen LogP contribution in [0.2, 0.25) is 0 Å². The smallest absolute Gasteiger partial charge is 0.496 e. The number of ketones is 1. The predicted octanol–water partition coefficient (Wildman–Crippen LogP) is 2.97. The zero-order valence-electron chi connectivity index (χ0n) is 22.3. The number of thiophene rings is 1. The van der Waals surface area contributed by atoms with Crippen LogP contribution in [-0.4, -0.2) is 51.9 Å². The zero-order chi connectivity index (χ0) is 27.2. The number of allylic oxidation sites excluding steroid dienone is 1. The van der Waals surface area contributed by atoms with E-state index in [1.807, 2.05) is 30.3 Å². The van der Waals surface area contributed by atoms with Crippen LogP contribution in [0.4, 0.5) is 0 Å². The van der Waals surface area contributed by atoms with Gasteiger partial charge < -0.3 is 28.8 Å². The van der Waals surface area contributed by atoms with Gasteiger partial charge in [-0.1, -0.05) is 18.2 Å². The first kappa shape index (κ1) is 30.0. The molecular formula is C29H26NaO8S+. The van der Waals surface area contributed by atoms with Crippen LogP contribution in [0.3, 0.4) is 0 Å². The maximum absolute atomic E-state index is 13.1. The molecule has 4 rings (SSSR count). The molecule has 1 aromatic heterocycles. The molecule has 0 saturated heterocycles. The van der Waals surface area contributed by atoms with Gasteiger partial charge >= 0.3 is 35.5 Å². The van der Waals surface area contributed by atoms with Gasteiger partial charge in [0.25, 0.3) is 0 Å². The Bertz CT molecular complexity index is 1470. The number of methoxy groups -OCH3 is 4. The Labute approximate surface area is 252 Å². The first-order chi connectivity index (χ1) is 18.4. The minimum Gasteiger partial charge on any atom is -0.496 e. The minimum absolute atomic E-state index is 0. The summed E-state index contributed by atoms with van der Waals surface area (Å²) in [4.78, 5) is 25.3. The van der Waals surface area contributed by atoms with Gasteiger partial charge in [0.2, 0.25) is 5.75 Å². The van der Waals surface area contributed by atoms with E-state index in [2.05, 4.69) is 6.07 Å². The quantitative estimate of drug-likeness (QED) is 0.171. The van der Waals surface area contributed by atoms with Crippen LogP contribution in [-0.2, 0) is 4.79 Å². The van der Waals surface area contributed by atoms with Gasteiger partial charge in [0.05, 0.1) is 28.4 Å². The van der Waals surface area contributed by atoms with Crippen molar-refractivity contribution in [3.8, 4) is 39.2 Å². The van der Waals surface area contributed by atoms with Crippen molar-refractivity contribution < 1.29 is 67.9 Å². The van der Waals surface area contributed by atoms with Crippen molar-refractivity contribution in [3.63, 3.8) is 0 Å². The first-order valence-electron chi connectivity index (χ1n) is 11.5. The first-order valence-corrected chi connectivity index (χ1v) is 12.3. The number of ether oxygens (including phenoxy) is 5. The van der Waals surface area contributed by atoms with Crippen molar-refractivity contribution in [3.05, 3.63) is 71.8 Å². The van der Waals surface area contributed by atoms with E-state index in [1.54, 1.807) is 35.6 Å². The third-order valence-electron chi connectivity index (χ3n) is 5.74. The van der Waals surface area contributed by atoms with Gasteiger partial charge in [-0.3, -0.25) is 4.79 Å². The largest absolute Gasteiger partial charge is 1.00 e. The zero-order valence-corrected chi connectivity index (χ0v) is 25.1. The number of carbonyl (C=O) groups excluding carboxylic acids is 1. The maximum atomic E-state index is 13.1. The summed E-state index contributed by atoms with van der Waals surface area (Å²) in [5.74, 6) is 0.418. The second-order valence-electron chi connectivity index (χ2n) is 8.03. The Balaban J connectivity index is 0.00000420. The molecule has 0 saturated carbocycles. The Kier molecular flexibility index (Phi) is 10.4. The molecule has 0 bridgehead atoms. The average Bonchev–Trinajstić information content (AvgIpc) is 3.37. The van der Waals surface area contributed by atoms with E-state index in [-0.39, 0.29) is 41.1 Å². The number of hydrogen-bond acceptors (Lipinski definition) is 8. The second kappa shape index (κ2) is 13.5. The molecule has 10 heteroatoms. The average molecular weight is 558 g/mol. The molecule has 0 spiro atoms. The number of carbonyl (C=O) groups is 2. The van der Waals surface area contributed by atoms with Crippen LogP contribution in [0.5, 0.6) is 28.7 Å². The molecule has 8 nitrogen and oxygen atoms in total. The van der Waals surface area contributed by atoms with E-state index in [4.69, 9.17) is 28.8 Å². The number of fused-ring (bicyclic) bond motifs is 1. The van der Waals surface area contributed by atoms with Gasteiger partial charge in [0.15, 0.2) is 23.9 Å². The van der Waals surface area contributed by atoms with E-state index in [9.17, 15) is 9.59 Å². The normalized spacial score (nSPS) is 10.7. The van der Waals surface area contributed by atoms with Crippen LogP contribution >= 0.6 is 11.3 Å². The van der Waals surface area contributed by atoms with Crippen LogP contribution in [0.1, 0.15) is 15.9 Å². The predicted molar refractivity (Wildman–Crippen MR) is 146 cm³/mol. The molecule has 0 fully saturated rings. The molecule has 0 radical (unpaired) electrons. The van der Waals surface area contributed by atoms with Gasteiger partial charge in [0.1, 0.15) is 11.5 Å². The maximum Gasteiger partial charge on any atom is 1.00 e. The molecule has 0 aliphatic carbocycles. The van der Waals surface area contributed by atoms with E-state index in [1.165, 1.54) is 34.5 Å². The number of carboxylic acids is 1. The van der Waals surface area contributed by atoms with Crippen LogP contribution < -0.4 is 53.2 Å². The second-order valence-corrected chi connectivity index (χ2v) is 9.12. The summed E-state index contributed by atoms with van der Waals surface area (Å²) in [6, 6.07) is 16.7. The summed E-state index contributed by atoms with van der Waals surface area (Å²) >= 11 is 1.60. The van der Waals surface area contributed by atoms with Gasteiger partial charge in [-0.25, -0.2) is 4.79 Å². The Morgan fingerprint density at radius 1 is 0.846 bits per heavy atom. The van der Waals surface area contributed by atoms with Crippen molar-refractivity contribution in [2.75, 3.05) is 35.0 Å². The summed E-state index contributed by atoms with van der Waals surface area (Å²) in [6.07, 6.45) is 2.96. The van der Waals surface area contributed by atoms with E-state index in [0.717, 1.165) is 20.5 Å². The van der Waals surface area contributed by atoms with Gasteiger partial charge in [-0.15, -0.1) is 11.3 Å². The number of benzene rings is 3. The standard InChI is InChI=1S/C29H26O8S.Na/c1-33-23-15-22(37-16-28(31)32)17(11-20(23)27-14-18-7-5-6-8-26(18)38-27)9-10-21(30)19-12-24(34-2)29(36-4)25(13-19)35-3;/h5-15H,16H2,1-4H3,(H,31,32);/q;+1/b10-9+;. The van der Waals surface area contributed by atoms with E-state index < -0.39 is 12.6 Å². The topological polar surface area (TPSA) is 101 Å². The number of hydrogen-bond donors (Lipinski definition) is 1. The molecule has 0 amide bonds. The van der Waals surface area contributed by atoms with E-state index in [0.29, 0.717) is 34.1 Å². The summed E-state index contributed by atoms with van der Waals surface area (Å²) in [7, 11) is 5.97. The molecule has 1 N–H and O–H groups in total. The van der Waals surface area contributed by atoms with Gasteiger partial charge in [-0.05, 0) is 47.9 Å². The van der Waals surface area contributed by atoms with E-state index >= 15 is 0 Å². The molecule has 1 heterocycles. The Morgan fingerprint density at radius 3 is 2.10 bits per heavy atom. The fourth-order valence-electron chi connectivity index (χ4n) is 3.93. The fourth-order valence-corrected chi connectivity index (χ4v) is 5.02. The van der Waals surface area contributed by atoms with Crippen molar-refractivity contribution in [1.29, 1.82) is 0 Å². The summed E-state index contributed by atoms with van der Waals surface area (Å²) in [5, 5.41) is 10.2. The Morgan fingerprint density at radius 2 is 1.51 bits per heavy atom.